The SMILES string of the molecule is NNC1=CCC(NN)(C(=O)O)c2ccccc21. The van der Waals surface area contributed by atoms with E-state index in [0.717, 1.165) is 5.56 Å². The molecule has 0 bridgehead atoms. The Hall–Kier alpha value is -1.89. The van der Waals surface area contributed by atoms with Crippen molar-refractivity contribution < 1.29 is 9.90 Å². The molecule has 6 nitrogen and oxygen atoms in total. The molecule has 0 radical (unpaired) electrons. The fourth-order valence-electron chi connectivity index (χ4n) is 2.10. The van der Waals surface area contributed by atoms with E-state index in [1.165, 1.54) is 0 Å². The molecule has 0 heterocycles. The lowest BCUT2D eigenvalue weighted by Gasteiger charge is -2.33. The number of hydrogen-bond acceptors (Lipinski definition) is 5. The van der Waals surface area contributed by atoms with E-state index < -0.39 is 11.5 Å². The van der Waals surface area contributed by atoms with Gasteiger partial charge in [0.2, 0.25) is 0 Å². The standard InChI is InChI=1S/C11H14N4O2/c12-14-9-5-6-11(15-13,10(16)17)8-4-2-1-3-7(8)9/h1-5,14-15H,6,12-13H2,(H,16,17). The summed E-state index contributed by atoms with van der Waals surface area (Å²) >= 11 is 0. The van der Waals surface area contributed by atoms with Gasteiger partial charge in [-0.3, -0.25) is 11.7 Å². The number of nitrogens with two attached hydrogens (primary N) is 2. The van der Waals surface area contributed by atoms with Crippen LogP contribution in [0.5, 0.6) is 0 Å². The van der Waals surface area contributed by atoms with Gasteiger partial charge in [-0.15, -0.1) is 0 Å². The number of benzene rings is 1. The molecule has 1 aromatic carbocycles. The van der Waals surface area contributed by atoms with Gasteiger partial charge in [0.05, 0.1) is 5.70 Å². The van der Waals surface area contributed by atoms with Crippen LogP contribution in [0.2, 0.25) is 0 Å². The van der Waals surface area contributed by atoms with Crippen LogP contribution in [-0.4, -0.2) is 11.1 Å². The average molecular weight is 234 g/mol. The average Bonchev–Trinajstić information content (AvgIpc) is 2.37. The van der Waals surface area contributed by atoms with E-state index in [1.54, 1.807) is 24.3 Å². The second-order valence-corrected chi connectivity index (χ2v) is 3.87. The number of hydrazine groups is 2. The quantitative estimate of drug-likeness (QED) is 0.360. The van der Waals surface area contributed by atoms with Crippen LogP contribution >= 0.6 is 0 Å². The minimum atomic E-state index is -1.29. The number of carbonyl (C=O) groups is 1. The van der Waals surface area contributed by atoms with Crippen molar-refractivity contribution in [2.24, 2.45) is 11.7 Å². The van der Waals surface area contributed by atoms with Crippen molar-refractivity contribution in [3.63, 3.8) is 0 Å². The van der Waals surface area contributed by atoms with Crippen molar-refractivity contribution in [2.45, 2.75) is 12.0 Å². The Balaban J connectivity index is 2.64. The van der Waals surface area contributed by atoms with E-state index in [1.807, 2.05) is 6.07 Å². The van der Waals surface area contributed by atoms with Gasteiger partial charge >= 0.3 is 5.97 Å². The van der Waals surface area contributed by atoms with Gasteiger partial charge in [0.1, 0.15) is 0 Å². The van der Waals surface area contributed by atoms with E-state index in [4.69, 9.17) is 11.7 Å². The van der Waals surface area contributed by atoms with Gasteiger partial charge in [0.25, 0.3) is 0 Å². The molecule has 0 aromatic heterocycles. The lowest BCUT2D eigenvalue weighted by atomic mass is 9.79. The van der Waals surface area contributed by atoms with Crippen LogP contribution < -0.4 is 22.5 Å². The van der Waals surface area contributed by atoms with Crippen molar-refractivity contribution in [3.8, 4) is 0 Å². The molecular formula is C11H14N4O2. The zero-order valence-corrected chi connectivity index (χ0v) is 9.10. The molecule has 0 aliphatic heterocycles. The molecule has 2 rings (SSSR count). The number of carboxylic acid groups (broad SMARTS) is 1. The van der Waals surface area contributed by atoms with Crippen molar-refractivity contribution in [2.75, 3.05) is 0 Å². The number of carboxylic acids is 1. The summed E-state index contributed by atoms with van der Waals surface area (Å²) in [5, 5.41) is 9.37. The summed E-state index contributed by atoms with van der Waals surface area (Å²) in [5.41, 5.74) is 5.71. The number of hydrogen-bond donors (Lipinski definition) is 5. The maximum absolute atomic E-state index is 11.4. The third-order valence-corrected chi connectivity index (χ3v) is 3.06. The predicted octanol–water partition coefficient (Wildman–Crippen LogP) is -0.362. The zero-order valence-electron chi connectivity index (χ0n) is 9.10. The van der Waals surface area contributed by atoms with Gasteiger partial charge in [0.15, 0.2) is 5.54 Å². The first-order valence-electron chi connectivity index (χ1n) is 5.13. The summed E-state index contributed by atoms with van der Waals surface area (Å²) in [6.45, 7) is 0. The van der Waals surface area contributed by atoms with Crippen LogP contribution in [0.25, 0.3) is 5.70 Å². The fourth-order valence-corrected chi connectivity index (χ4v) is 2.10. The van der Waals surface area contributed by atoms with Gasteiger partial charge in [-0.2, -0.15) is 0 Å². The van der Waals surface area contributed by atoms with E-state index >= 15 is 0 Å². The van der Waals surface area contributed by atoms with Crippen molar-refractivity contribution in [1.29, 1.82) is 0 Å². The Morgan fingerprint density at radius 3 is 2.65 bits per heavy atom. The summed E-state index contributed by atoms with van der Waals surface area (Å²) in [7, 11) is 0. The van der Waals surface area contributed by atoms with E-state index in [9.17, 15) is 9.90 Å². The van der Waals surface area contributed by atoms with Gasteiger partial charge in [-0.1, -0.05) is 30.3 Å². The molecule has 1 unspecified atom stereocenters. The molecule has 7 N–H and O–H groups in total. The predicted molar refractivity (Wildman–Crippen MR) is 63.0 cm³/mol. The first-order chi connectivity index (χ1) is 8.15. The molecule has 1 aliphatic rings. The summed E-state index contributed by atoms with van der Waals surface area (Å²) in [4.78, 5) is 11.4. The second kappa shape index (κ2) is 4.17. The molecule has 0 spiro atoms. The molecule has 1 aromatic rings. The van der Waals surface area contributed by atoms with Crippen LogP contribution in [0, 0.1) is 0 Å². The normalized spacial score (nSPS) is 22.6. The number of fused-ring (bicyclic) bond motifs is 1. The molecule has 17 heavy (non-hydrogen) atoms. The van der Waals surface area contributed by atoms with Crippen molar-refractivity contribution in [3.05, 3.63) is 41.5 Å². The Labute approximate surface area is 98.2 Å². The van der Waals surface area contributed by atoms with Gasteiger partial charge in [-0.05, 0) is 5.56 Å². The lowest BCUT2D eigenvalue weighted by molar-refractivity contribution is -0.145. The van der Waals surface area contributed by atoms with Crippen molar-refractivity contribution in [1.82, 2.24) is 10.9 Å². The Bertz CT molecular complexity index is 486. The van der Waals surface area contributed by atoms with Crippen LogP contribution in [0.1, 0.15) is 17.5 Å². The first kappa shape index (κ1) is 11.6. The molecular weight excluding hydrogens is 220 g/mol. The van der Waals surface area contributed by atoms with E-state index in [0.29, 0.717) is 11.3 Å². The fraction of sp³-hybridized carbons (Fsp3) is 0.182. The molecule has 6 heteroatoms. The Morgan fingerprint density at radius 2 is 2.06 bits per heavy atom. The second-order valence-electron chi connectivity index (χ2n) is 3.87. The molecule has 0 fully saturated rings. The molecule has 1 aliphatic carbocycles. The van der Waals surface area contributed by atoms with E-state index in [-0.39, 0.29) is 6.42 Å². The maximum atomic E-state index is 11.4. The first-order valence-corrected chi connectivity index (χ1v) is 5.13. The minimum absolute atomic E-state index is 0.232. The highest BCUT2D eigenvalue weighted by molar-refractivity contribution is 5.86. The summed E-state index contributed by atoms with van der Waals surface area (Å²) in [5.74, 6) is 9.82. The number of aliphatic carboxylic acids is 1. The topological polar surface area (TPSA) is 113 Å². The molecule has 90 valence electrons. The zero-order chi connectivity index (χ0) is 12.5. The van der Waals surface area contributed by atoms with Crippen LogP contribution in [0.3, 0.4) is 0 Å². The summed E-state index contributed by atoms with van der Waals surface area (Å²) in [6.07, 6.45) is 1.95. The molecule has 0 saturated heterocycles. The third-order valence-electron chi connectivity index (χ3n) is 3.06. The highest BCUT2D eigenvalue weighted by Gasteiger charge is 2.42. The Morgan fingerprint density at radius 1 is 1.35 bits per heavy atom. The molecule has 0 saturated carbocycles. The summed E-state index contributed by atoms with van der Waals surface area (Å²) < 4.78 is 0. The van der Waals surface area contributed by atoms with Crippen LogP contribution in [-0.2, 0) is 10.3 Å². The van der Waals surface area contributed by atoms with Crippen LogP contribution in [0.15, 0.2) is 30.3 Å². The largest absolute Gasteiger partial charge is 0.480 e. The lowest BCUT2D eigenvalue weighted by Crippen LogP contribution is -2.54. The van der Waals surface area contributed by atoms with Gasteiger partial charge in [-0.25, -0.2) is 10.2 Å². The molecule has 1 atom stereocenters. The highest BCUT2D eigenvalue weighted by Crippen LogP contribution is 2.35. The highest BCUT2D eigenvalue weighted by atomic mass is 16.4. The Kier molecular flexibility index (Phi) is 2.84. The van der Waals surface area contributed by atoms with Crippen LogP contribution in [0.4, 0.5) is 0 Å². The van der Waals surface area contributed by atoms with E-state index in [2.05, 4.69) is 10.9 Å². The molecule has 0 amide bonds. The monoisotopic (exact) mass is 234 g/mol. The smallest absolute Gasteiger partial charge is 0.330 e. The van der Waals surface area contributed by atoms with Gasteiger partial charge in [0, 0.05) is 12.0 Å². The third kappa shape index (κ3) is 1.59. The summed E-state index contributed by atoms with van der Waals surface area (Å²) in [6, 6.07) is 7.12. The van der Waals surface area contributed by atoms with Gasteiger partial charge < -0.3 is 10.5 Å². The van der Waals surface area contributed by atoms with Crippen molar-refractivity contribution >= 4 is 11.7 Å². The maximum Gasteiger partial charge on any atom is 0.330 e. The number of nitrogens with one attached hydrogen (secondary N) is 2. The minimum Gasteiger partial charge on any atom is -0.480 e. The number of rotatable bonds is 3.